The predicted molar refractivity (Wildman–Crippen MR) is 66.4 cm³/mol. The Labute approximate surface area is 98.4 Å². The predicted octanol–water partition coefficient (Wildman–Crippen LogP) is 1.08. The molecule has 0 rings (SSSR count). The lowest BCUT2D eigenvalue weighted by Crippen LogP contribution is -2.53. The lowest BCUT2D eigenvalue weighted by Gasteiger charge is -2.24. The van der Waals surface area contributed by atoms with Gasteiger partial charge in [0, 0.05) is 6.54 Å². The number of amides is 1. The maximum absolute atomic E-state index is 11.7. The molecule has 4 nitrogen and oxygen atoms in total. The quantitative estimate of drug-likeness (QED) is 0.459. The number of hydrogen-bond donors (Lipinski definition) is 2. The summed E-state index contributed by atoms with van der Waals surface area (Å²) in [5, 5.41) is 5.95. The fourth-order valence-corrected chi connectivity index (χ4v) is 1.25. The molecule has 0 saturated heterocycles. The van der Waals surface area contributed by atoms with E-state index < -0.39 is 5.54 Å². The molecule has 0 unspecified atom stereocenters. The molecule has 0 fully saturated rings. The first-order chi connectivity index (χ1) is 7.54. The van der Waals surface area contributed by atoms with Gasteiger partial charge in [-0.15, -0.1) is 6.58 Å². The lowest BCUT2D eigenvalue weighted by atomic mass is 10.1. The van der Waals surface area contributed by atoms with Crippen molar-refractivity contribution in [1.82, 2.24) is 10.6 Å². The number of nitrogens with one attached hydrogen (secondary N) is 2. The van der Waals surface area contributed by atoms with Gasteiger partial charge in [0.2, 0.25) is 5.91 Å². The van der Waals surface area contributed by atoms with Crippen molar-refractivity contribution in [3.63, 3.8) is 0 Å². The Hall–Kier alpha value is -0.870. The van der Waals surface area contributed by atoms with E-state index in [1.165, 1.54) is 0 Å². The van der Waals surface area contributed by atoms with Crippen LogP contribution in [0.5, 0.6) is 0 Å². The summed E-state index contributed by atoms with van der Waals surface area (Å²) in [6.45, 7) is 11.8. The van der Waals surface area contributed by atoms with Gasteiger partial charge >= 0.3 is 0 Å². The second-order valence-corrected chi connectivity index (χ2v) is 4.10. The van der Waals surface area contributed by atoms with Crippen LogP contribution in [0.15, 0.2) is 12.7 Å². The molecule has 0 aliphatic carbocycles. The second-order valence-electron chi connectivity index (χ2n) is 4.10. The van der Waals surface area contributed by atoms with Gasteiger partial charge in [0.25, 0.3) is 0 Å². The molecule has 0 aromatic heterocycles. The van der Waals surface area contributed by atoms with E-state index in [1.807, 2.05) is 26.8 Å². The molecule has 0 aromatic rings. The van der Waals surface area contributed by atoms with Crippen LogP contribution in [-0.4, -0.2) is 37.7 Å². The minimum Gasteiger partial charge on any atom is -0.379 e. The van der Waals surface area contributed by atoms with Gasteiger partial charge in [-0.05, 0) is 26.8 Å². The van der Waals surface area contributed by atoms with Crippen molar-refractivity contribution in [1.29, 1.82) is 0 Å². The maximum atomic E-state index is 11.7. The normalized spacial score (nSPS) is 11.2. The third-order valence-electron chi connectivity index (χ3n) is 2.18. The standard InChI is InChI=1S/C12H24N2O2/c1-5-7-9-16-10-8-13-11(15)12(3,4)14-6-2/h5,14H,1,6-10H2,2-4H3,(H,13,15). The smallest absolute Gasteiger partial charge is 0.239 e. The maximum Gasteiger partial charge on any atom is 0.239 e. The summed E-state index contributed by atoms with van der Waals surface area (Å²) in [6, 6.07) is 0. The van der Waals surface area contributed by atoms with Gasteiger partial charge < -0.3 is 15.4 Å². The lowest BCUT2D eigenvalue weighted by molar-refractivity contribution is -0.126. The summed E-state index contributed by atoms with van der Waals surface area (Å²) >= 11 is 0. The van der Waals surface area contributed by atoms with E-state index in [0.717, 1.165) is 13.0 Å². The SMILES string of the molecule is C=CCCOCCNC(=O)C(C)(C)NCC. The average molecular weight is 228 g/mol. The van der Waals surface area contributed by atoms with Gasteiger partial charge in [-0.2, -0.15) is 0 Å². The van der Waals surface area contributed by atoms with Crippen LogP contribution >= 0.6 is 0 Å². The van der Waals surface area contributed by atoms with Crippen molar-refractivity contribution in [2.24, 2.45) is 0 Å². The largest absolute Gasteiger partial charge is 0.379 e. The molecule has 4 heteroatoms. The number of rotatable bonds is 9. The van der Waals surface area contributed by atoms with Gasteiger partial charge in [0.05, 0.1) is 18.8 Å². The Morgan fingerprint density at radius 2 is 2.12 bits per heavy atom. The van der Waals surface area contributed by atoms with Crippen LogP contribution in [0.4, 0.5) is 0 Å². The van der Waals surface area contributed by atoms with E-state index in [1.54, 1.807) is 0 Å². The molecule has 0 atom stereocenters. The van der Waals surface area contributed by atoms with E-state index in [9.17, 15) is 4.79 Å². The van der Waals surface area contributed by atoms with Crippen molar-refractivity contribution >= 4 is 5.91 Å². The molecule has 0 aliphatic rings. The van der Waals surface area contributed by atoms with Crippen molar-refractivity contribution in [2.75, 3.05) is 26.3 Å². The van der Waals surface area contributed by atoms with Crippen molar-refractivity contribution < 1.29 is 9.53 Å². The zero-order valence-electron chi connectivity index (χ0n) is 10.6. The highest BCUT2D eigenvalue weighted by Gasteiger charge is 2.25. The Balaban J connectivity index is 3.60. The van der Waals surface area contributed by atoms with Crippen molar-refractivity contribution in [2.45, 2.75) is 32.7 Å². The molecule has 1 amide bonds. The van der Waals surface area contributed by atoms with Gasteiger partial charge in [-0.25, -0.2) is 0 Å². The second kappa shape index (κ2) is 8.30. The molecule has 0 aliphatic heterocycles. The number of carbonyl (C=O) groups is 1. The summed E-state index contributed by atoms with van der Waals surface area (Å²) in [5.74, 6) is 0.00155. The Morgan fingerprint density at radius 3 is 2.69 bits per heavy atom. The topological polar surface area (TPSA) is 50.4 Å². The number of ether oxygens (including phenoxy) is 1. The fourth-order valence-electron chi connectivity index (χ4n) is 1.25. The highest BCUT2D eigenvalue weighted by Crippen LogP contribution is 2.00. The molecule has 2 N–H and O–H groups in total. The van der Waals surface area contributed by atoms with E-state index in [4.69, 9.17) is 4.74 Å². The van der Waals surface area contributed by atoms with Crippen LogP contribution in [0.25, 0.3) is 0 Å². The first-order valence-corrected chi connectivity index (χ1v) is 5.76. The zero-order chi connectivity index (χ0) is 12.4. The van der Waals surface area contributed by atoms with E-state index in [2.05, 4.69) is 17.2 Å². The van der Waals surface area contributed by atoms with Crippen LogP contribution in [0.1, 0.15) is 27.2 Å². The average Bonchev–Trinajstić information content (AvgIpc) is 2.22. The van der Waals surface area contributed by atoms with E-state index in [-0.39, 0.29) is 5.91 Å². The minimum atomic E-state index is -0.518. The number of carbonyl (C=O) groups excluding carboxylic acids is 1. The van der Waals surface area contributed by atoms with Gasteiger partial charge in [0.15, 0.2) is 0 Å². The Morgan fingerprint density at radius 1 is 1.44 bits per heavy atom. The van der Waals surface area contributed by atoms with E-state index >= 15 is 0 Å². The Kier molecular flexibility index (Phi) is 7.85. The van der Waals surface area contributed by atoms with Crippen LogP contribution in [0.3, 0.4) is 0 Å². The molecule has 16 heavy (non-hydrogen) atoms. The summed E-state index contributed by atoms with van der Waals surface area (Å²) in [6.07, 6.45) is 2.66. The highest BCUT2D eigenvalue weighted by molar-refractivity contribution is 5.85. The third kappa shape index (κ3) is 6.58. The van der Waals surface area contributed by atoms with Crippen LogP contribution in [0, 0.1) is 0 Å². The third-order valence-corrected chi connectivity index (χ3v) is 2.18. The summed E-state index contributed by atoms with van der Waals surface area (Å²) in [5.41, 5.74) is -0.518. The first kappa shape index (κ1) is 15.1. The minimum absolute atomic E-state index is 0.00155. The molecule has 0 aromatic carbocycles. The monoisotopic (exact) mass is 228 g/mol. The molecular weight excluding hydrogens is 204 g/mol. The van der Waals surface area contributed by atoms with Crippen LogP contribution < -0.4 is 10.6 Å². The molecule has 0 saturated carbocycles. The summed E-state index contributed by atoms with van der Waals surface area (Å²) in [4.78, 5) is 11.7. The van der Waals surface area contributed by atoms with Crippen LogP contribution in [-0.2, 0) is 9.53 Å². The van der Waals surface area contributed by atoms with Gasteiger partial charge in [-0.3, -0.25) is 4.79 Å². The molecule has 94 valence electrons. The highest BCUT2D eigenvalue weighted by atomic mass is 16.5. The molecule has 0 spiro atoms. The van der Waals surface area contributed by atoms with E-state index in [0.29, 0.717) is 19.8 Å². The molecule has 0 radical (unpaired) electrons. The first-order valence-electron chi connectivity index (χ1n) is 5.76. The molecule has 0 heterocycles. The van der Waals surface area contributed by atoms with Crippen molar-refractivity contribution in [3.05, 3.63) is 12.7 Å². The summed E-state index contributed by atoms with van der Waals surface area (Å²) in [7, 11) is 0. The summed E-state index contributed by atoms with van der Waals surface area (Å²) < 4.78 is 5.29. The van der Waals surface area contributed by atoms with Gasteiger partial charge in [-0.1, -0.05) is 13.0 Å². The fraction of sp³-hybridized carbons (Fsp3) is 0.750. The van der Waals surface area contributed by atoms with Crippen molar-refractivity contribution in [3.8, 4) is 0 Å². The molecular formula is C12H24N2O2. The number of hydrogen-bond acceptors (Lipinski definition) is 3. The van der Waals surface area contributed by atoms with Gasteiger partial charge in [0.1, 0.15) is 0 Å². The molecule has 0 bridgehead atoms. The number of likely N-dealkylation sites (N-methyl/N-ethyl adjacent to an activating group) is 1. The Bertz CT molecular complexity index is 215. The van der Waals surface area contributed by atoms with Crippen LogP contribution in [0.2, 0.25) is 0 Å². The zero-order valence-corrected chi connectivity index (χ0v) is 10.6.